The molecule has 0 radical (unpaired) electrons. The van der Waals surface area contributed by atoms with Crippen LogP contribution in [0.25, 0.3) is 11.1 Å². The molecule has 1 aliphatic rings. The Bertz CT molecular complexity index is 640. The van der Waals surface area contributed by atoms with Gasteiger partial charge in [-0.25, -0.2) is 0 Å². The average molecular weight is 251 g/mol. The second kappa shape index (κ2) is 4.50. The molecule has 1 heteroatoms. The molecule has 2 N–H and O–H groups in total. The van der Waals surface area contributed by atoms with E-state index in [-0.39, 0.29) is 6.04 Å². The summed E-state index contributed by atoms with van der Waals surface area (Å²) in [6.07, 6.45) is 2.19. The third-order valence-electron chi connectivity index (χ3n) is 4.45. The first-order chi connectivity index (χ1) is 9.08. The number of rotatable bonds is 1. The zero-order valence-corrected chi connectivity index (χ0v) is 12.0. The SMILES string of the molecule is Cc1cc(C)c(-c2cccc3c2CCC3N)cc1C. The van der Waals surface area contributed by atoms with Crippen LogP contribution in [0.4, 0.5) is 0 Å². The van der Waals surface area contributed by atoms with Gasteiger partial charge in [0.15, 0.2) is 0 Å². The molecule has 0 aromatic heterocycles. The van der Waals surface area contributed by atoms with Crippen LogP contribution in [0.15, 0.2) is 30.3 Å². The highest BCUT2D eigenvalue weighted by Gasteiger charge is 2.22. The van der Waals surface area contributed by atoms with Crippen molar-refractivity contribution in [1.29, 1.82) is 0 Å². The molecule has 98 valence electrons. The molecule has 0 aliphatic heterocycles. The smallest absolute Gasteiger partial charge is 0.0300 e. The Morgan fingerprint density at radius 1 is 0.947 bits per heavy atom. The molecule has 19 heavy (non-hydrogen) atoms. The highest BCUT2D eigenvalue weighted by molar-refractivity contribution is 5.73. The van der Waals surface area contributed by atoms with Gasteiger partial charge >= 0.3 is 0 Å². The van der Waals surface area contributed by atoms with Crippen molar-refractivity contribution in [1.82, 2.24) is 0 Å². The Morgan fingerprint density at radius 2 is 1.68 bits per heavy atom. The van der Waals surface area contributed by atoms with Crippen LogP contribution < -0.4 is 5.73 Å². The van der Waals surface area contributed by atoms with Gasteiger partial charge in [-0.1, -0.05) is 30.3 Å². The molecule has 0 heterocycles. The van der Waals surface area contributed by atoms with E-state index in [1.54, 1.807) is 0 Å². The fourth-order valence-corrected chi connectivity index (χ4v) is 3.19. The number of fused-ring (bicyclic) bond motifs is 1. The number of nitrogens with two attached hydrogens (primary N) is 1. The van der Waals surface area contributed by atoms with Crippen molar-refractivity contribution < 1.29 is 0 Å². The summed E-state index contributed by atoms with van der Waals surface area (Å²) in [5, 5.41) is 0. The van der Waals surface area contributed by atoms with Crippen LogP contribution in [-0.4, -0.2) is 0 Å². The lowest BCUT2D eigenvalue weighted by atomic mass is 9.91. The average Bonchev–Trinajstić information content (AvgIpc) is 2.76. The Kier molecular flexibility index (Phi) is 2.94. The van der Waals surface area contributed by atoms with Crippen LogP contribution in [0.3, 0.4) is 0 Å². The fraction of sp³-hybridized carbons (Fsp3) is 0.333. The monoisotopic (exact) mass is 251 g/mol. The van der Waals surface area contributed by atoms with Gasteiger partial charge in [0.05, 0.1) is 0 Å². The third kappa shape index (κ3) is 1.98. The fourth-order valence-electron chi connectivity index (χ4n) is 3.19. The summed E-state index contributed by atoms with van der Waals surface area (Å²) in [5.74, 6) is 0. The zero-order valence-electron chi connectivity index (χ0n) is 12.0. The summed E-state index contributed by atoms with van der Waals surface area (Å²) < 4.78 is 0. The molecular weight excluding hydrogens is 230 g/mol. The zero-order chi connectivity index (χ0) is 13.6. The lowest BCUT2D eigenvalue weighted by Gasteiger charge is -2.14. The van der Waals surface area contributed by atoms with Crippen molar-refractivity contribution in [3.63, 3.8) is 0 Å². The van der Waals surface area contributed by atoms with E-state index in [0.29, 0.717) is 0 Å². The van der Waals surface area contributed by atoms with Gasteiger partial charge in [-0.2, -0.15) is 0 Å². The third-order valence-corrected chi connectivity index (χ3v) is 4.45. The molecule has 0 spiro atoms. The van der Waals surface area contributed by atoms with E-state index >= 15 is 0 Å². The van der Waals surface area contributed by atoms with Crippen molar-refractivity contribution in [2.75, 3.05) is 0 Å². The van der Waals surface area contributed by atoms with Crippen LogP contribution in [0, 0.1) is 20.8 Å². The van der Waals surface area contributed by atoms with Crippen molar-refractivity contribution in [3.05, 3.63) is 58.1 Å². The Balaban J connectivity index is 2.21. The van der Waals surface area contributed by atoms with Gasteiger partial charge in [0.2, 0.25) is 0 Å². The number of aryl methyl sites for hydroxylation is 3. The molecule has 0 saturated carbocycles. The Hall–Kier alpha value is -1.60. The molecule has 1 aliphatic carbocycles. The molecule has 0 amide bonds. The van der Waals surface area contributed by atoms with Crippen molar-refractivity contribution in [3.8, 4) is 11.1 Å². The lowest BCUT2D eigenvalue weighted by Crippen LogP contribution is -2.05. The summed E-state index contributed by atoms with van der Waals surface area (Å²) in [6.45, 7) is 6.57. The van der Waals surface area contributed by atoms with Crippen molar-refractivity contribution in [2.45, 2.75) is 39.7 Å². The van der Waals surface area contributed by atoms with E-state index in [1.165, 1.54) is 38.9 Å². The molecule has 3 rings (SSSR count). The minimum Gasteiger partial charge on any atom is -0.324 e. The predicted molar refractivity (Wildman–Crippen MR) is 81.3 cm³/mol. The number of hydrogen-bond acceptors (Lipinski definition) is 1. The van der Waals surface area contributed by atoms with Crippen LogP contribution in [0.5, 0.6) is 0 Å². The Morgan fingerprint density at radius 3 is 2.47 bits per heavy atom. The first-order valence-corrected chi connectivity index (χ1v) is 7.03. The maximum absolute atomic E-state index is 6.19. The molecule has 0 fully saturated rings. The molecule has 2 aromatic carbocycles. The summed E-state index contributed by atoms with van der Waals surface area (Å²) in [4.78, 5) is 0. The van der Waals surface area contributed by atoms with E-state index in [9.17, 15) is 0 Å². The van der Waals surface area contributed by atoms with E-state index in [1.807, 2.05) is 0 Å². The lowest BCUT2D eigenvalue weighted by molar-refractivity contribution is 0.713. The Labute approximate surface area is 115 Å². The first-order valence-electron chi connectivity index (χ1n) is 7.03. The number of hydrogen-bond donors (Lipinski definition) is 1. The van der Waals surface area contributed by atoms with E-state index < -0.39 is 0 Å². The summed E-state index contributed by atoms with van der Waals surface area (Å²) >= 11 is 0. The molecular formula is C18H21N. The van der Waals surface area contributed by atoms with Gasteiger partial charge in [0.1, 0.15) is 0 Å². The van der Waals surface area contributed by atoms with Gasteiger partial charge < -0.3 is 5.73 Å². The van der Waals surface area contributed by atoms with Crippen LogP contribution in [0.1, 0.15) is 40.3 Å². The van der Waals surface area contributed by atoms with Gasteiger partial charge in [0, 0.05) is 6.04 Å². The highest BCUT2D eigenvalue weighted by Crippen LogP contribution is 2.38. The summed E-state index contributed by atoms with van der Waals surface area (Å²) in [7, 11) is 0. The van der Waals surface area contributed by atoms with Crippen molar-refractivity contribution >= 4 is 0 Å². The minimum absolute atomic E-state index is 0.224. The van der Waals surface area contributed by atoms with E-state index in [4.69, 9.17) is 5.73 Å². The maximum atomic E-state index is 6.19. The molecule has 0 saturated heterocycles. The summed E-state index contributed by atoms with van der Waals surface area (Å²) in [5.41, 5.74) is 15.8. The van der Waals surface area contributed by atoms with Gasteiger partial charge in [-0.15, -0.1) is 0 Å². The molecule has 2 aromatic rings. The minimum atomic E-state index is 0.224. The van der Waals surface area contributed by atoms with Gasteiger partial charge in [-0.3, -0.25) is 0 Å². The standard InChI is InChI=1S/C18H21N/c1-11-9-13(3)17(10-12(11)2)14-5-4-6-16-15(14)7-8-18(16)19/h4-6,9-10,18H,7-8,19H2,1-3H3. The quantitative estimate of drug-likeness (QED) is 0.806. The van der Waals surface area contributed by atoms with Crippen LogP contribution in [0.2, 0.25) is 0 Å². The number of benzene rings is 2. The second-order valence-electron chi connectivity index (χ2n) is 5.77. The van der Waals surface area contributed by atoms with Gasteiger partial charge in [-0.05, 0) is 72.6 Å². The van der Waals surface area contributed by atoms with Crippen molar-refractivity contribution in [2.24, 2.45) is 5.73 Å². The normalized spacial score (nSPS) is 17.6. The van der Waals surface area contributed by atoms with Crippen LogP contribution >= 0.6 is 0 Å². The van der Waals surface area contributed by atoms with E-state index in [0.717, 1.165) is 12.8 Å². The van der Waals surface area contributed by atoms with Gasteiger partial charge in [0.25, 0.3) is 0 Å². The molecule has 1 unspecified atom stereocenters. The highest BCUT2D eigenvalue weighted by atomic mass is 14.6. The molecule has 1 atom stereocenters. The van der Waals surface area contributed by atoms with E-state index in [2.05, 4.69) is 51.1 Å². The largest absolute Gasteiger partial charge is 0.324 e. The first kappa shape index (κ1) is 12.4. The second-order valence-corrected chi connectivity index (χ2v) is 5.77. The summed E-state index contributed by atoms with van der Waals surface area (Å²) in [6, 6.07) is 11.4. The maximum Gasteiger partial charge on any atom is 0.0300 e. The molecule has 0 bridgehead atoms. The molecule has 1 nitrogen and oxygen atoms in total. The topological polar surface area (TPSA) is 26.0 Å². The van der Waals surface area contributed by atoms with Crippen LogP contribution in [-0.2, 0) is 6.42 Å². The predicted octanol–water partition coefficient (Wildman–Crippen LogP) is 4.22.